The fourth-order valence-corrected chi connectivity index (χ4v) is 3.11. The number of likely N-dealkylation sites (tertiary alicyclic amines) is 1. The Morgan fingerprint density at radius 3 is 2.73 bits per heavy atom. The van der Waals surface area contributed by atoms with Gasteiger partial charge in [0.25, 0.3) is 0 Å². The summed E-state index contributed by atoms with van der Waals surface area (Å²) in [6.07, 6.45) is 0.479. The van der Waals surface area contributed by atoms with Crippen LogP contribution in [0.15, 0.2) is 12.1 Å². The molecule has 2 aliphatic rings. The summed E-state index contributed by atoms with van der Waals surface area (Å²) >= 11 is 0. The monoisotopic (exact) mass is 365 g/mol. The lowest BCUT2D eigenvalue weighted by molar-refractivity contribution is -0.141. The maximum Gasteiger partial charge on any atom is 0.430 e. The fraction of sp³-hybridized carbons (Fsp3) is 0.500. The number of carboxylic acids is 1. The summed E-state index contributed by atoms with van der Waals surface area (Å²) in [7, 11) is 0. The average Bonchev–Trinajstić information content (AvgIpc) is 2.54. The van der Waals surface area contributed by atoms with Crippen LogP contribution in [0.1, 0.15) is 29.3 Å². The molecule has 142 valence electrons. The molecule has 2 heterocycles. The number of ether oxygens (including phenoxy) is 1. The number of nitrogens with zero attached hydrogens (tertiary/aromatic N) is 1. The van der Waals surface area contributed by atoms with E-state index in [2.05, 4.69) is 0 Å². The average molecular weight is 365 g/mol. The minimum absolute atomic E-state index is 0.00361. The van der Waals surface area contributed by atoms with E-state index in [1.165, 1.54) is 6.07 Å². The van der Waals surface area contributed by atoms with Gasteiger partial charge in [0, 0.05) is 0 Å². The molecule has 0 aromatic heterocycles. The lowest BCUT2D eigenvalue weighted by Gasteiger charge is -2.41. The smallest absolute Gasteiger partial charge is 0.430 e. The van der Waals surface area contributed by atoms with Gasteiger partial charge < -0.3 is 35.2 Å². The first-order valence-electron chi connectivity index (χ1n) is 8.61. The highest BCUT2D eigenvalue weighted by molar-refractivity contribution is 6.59. The predicted octanol–water partition coefficient (Wildman–Crippen LogP) is -0.430. The zero-order valence-corrected chi connectivity index (χ0v) is 14.4. The van der Waals surface area contributed by atoms with Gasteiger partial charge in [0.05, 0.1) is 24.9 Å². The van der Waals surface area contributed by atoms with E-state index in [1.807, 2.05) is 6.92 Å². The molecule has 2 aliphatic heterocycles. The molecule has 3 rings (SSSR count). The Hall–Kier alpha value is -2.30. The Balaban J connectivity index is 1.76. The van der Waals surface area contributed by atoms with Crippen LogP contribution >= 0.6 is 0 Å². The van der Waals surface area contributed by atoms with Crippen molar-refractivity contribution in [2.24, 2.45) is 5.73 Å². The van der Waals surface area contributed by atoms with E-state index in [1.54, 1.807) is 11.0 Å². The fourth-order valence-electron chi connectivity index (χ4n) is 3.11. The Morgan fingerprint density at radius 1 is 1.42 bits per heavy atom. The molecular weight excluding hydrogens is 343 g/mol. The van der Waals surface area contributed by atoms with Crippen LogP contribution in [0.25, 0.3) is 0 Å². The maximum atomic E-state index is 12.0. The van der Waals surface area contributed by atoms with Crippen LogP contribution < -0.4 is 15.1 Å². The van der Waals surface area contributed by atoms with Gasteiger partial charge in [0.15, 0.2) is 0 Å². The molecule has 26 heavy (non-hydrogen) atoms. The summed E-state index contributed by atoms with van der Waals surface area (Å²) in [5, 5.41) is 29.0. The SMILES string of the molecule is CC[C@H](N)C(=O)N1CC(Oc2ccc3c(c2C(=O)O)O[B-](O)(O)CC3)C1. The largest absolute Gasteiger partial charge is 0.669 e. The van der Waals surface area contributed by atoms with E-state index >= 15 is 0 Å². The first-order valence-corrected chi connectivity index (χ1v) is 8.61. The van der Waals surface area contributed by atoms with Crippen molar-refractivity contribution in [1.82, 2.24) is 4.90 Å². The van der Waals surface area contributed by atoms with E-state index in [4.69, 9.17) is 15.1 Å². The van der Waals surface area contributed by atoms with Crippen molar-refractivity contribution >= 4 is 18.6 Å². The first kappa shape index (κ1) is 18.5. The van der Waals surface area contributed by atoms with Crippen molar-refractivity contribution < 1.29 is 34.1 Å². The summed E-state index contributed by atoms with van der Waals surface area (Å²) in [5.41, 5.74) is 6.05. The van der Waals surface area contributed by atoms with Crippen LogP contribution in [0.3, 0.4) is 0 Å². The molecule has 1 fully saturated rings. The van der Waals surface area contributed by atoms with Crippen molar-refractivity contribution in [3.05, 3.63) is 23.3 Å². The van der Waals surface area contributed by atoms with Crippen LogP contribution in [0.2, 0.25) is 6.32 Å². The number of rotatable bonds is 5. The number of carbonyl (C=O) groups is 2. The standard InChI is InChI=1S/C16H22BN2O7/c1-2-11(18)15(20)19-7-10(8-19)25-12-4-3-9-5-6-17(23,24)26-14(9)13(12)16(21)22/h3-4,10-11,23-24H,2,5-8,18H2,1H3,(H,21,22)/q-1/t11-/m0/s1. The van der Waals surface area contributed by atoms with Gasteiger partial charge in [-0.25, -0.2) is 4.79 Å². The first-order chi connectivity index (χ1) is 12.2. The van der Waals surface area contributed by atoms with Gasteiger partial charge >= 0.3 is 12.7 Å². The van der Waals surface area contributed by atoms with Crippen molar-refractivity contribution in [3.63, 3.8) is 0 Å². The van der Waals surface area contributed by atoms with Crippen molar-refractivity contribution in [2.75, 3.05) is 13.1 Å². The third kappa shape index (κ3) is 3.48. The van der Waals surface area contributed by atoms with Crippen LogP contribution in [0, 0.1) is 0 Å². The van der Waals surface area contributed by atoms with Crippen molar-refractivity contribution in [1.29, 1.82) is 0 Å². The number of hydrogen-bond donors (Lipinski definition) is 4. The molecule has 1 amide bonds. The molecule has 0 bridgehead atoms. The highest BCUT2D eigenvalue weighted by Crippen LogP contribution is 2.38. The quantitative estimate of drug-likeness (QED) is 0.515. The van der Waals surface area contributed by atoms with E-state index in [0.29, 0.717) is 31.5 Å². The lowest BCUT2D eigenvalue weighted by Crippen LogP contribution is -2.59. The molecular formula is C16H22BN2O7-. The zero-order chi connectivity index (χ0) is 19.1. The Bertz CT molecular complexity index is 734. The summed E-state index contributed by atoms with van der Waals surface area (Å²) in [6.45, 7) is -0.624. The number of hydrogen-bond acceptors (Lipinski definition) is 7. The second-order valence-electron chi connectivity index (χ2n) is 6.74. The summed E-state index contributed by atoms with van der Waals surface area (Å²) < 4.78 is 10.8. The van der Waals surface area contributed by atoms with Gasteiger partial charge in [-0.05, 0) is 24.5 Å². The van der Waals surface area contributed by atoms with Crippen LogP contribution in [0.4, 0.5) is 0 Å². The second-order valence-corrected chi connectivity index (χ2v) is 6.74. The number of nitrogens with two attached hydrogens (primary N) is 1. The van der Waals surface area contributed by atoms with Gasteiger partial charge in [-0.15, -0.1) is 0 Å². The molecule has 0 radical (unpaired) electrons. The Labute approximate surface area is 150 Å². The van der Waals surface area contributed by atoms with E-state index < -0.39 is 18.8 Å². The molecule has 0 unspecified atom stereocenters. The number of benzene rings is 1. The van der Waals surface area contributed by atoms with Crippen LogP contribution in [-0.4, -0.2) is 63.9 Å². The number of carbonyl (C=O) groups excluding carboxylic acids is 1. The summed E-state index contributed by atoms with van der Waals surface area (Å²) in [5.74, 6) is -1.45. The van der Waals surface area contributed by atoms with Gasteiger partial charge in [-0.3, -0.25) is 4.79 Å². The molecule has 10 heteroatoms. The minimum atomic E-state index is -3.08. The molecule has 1 saturated heterocycles. The predicted molar refractivity (Wildman–Crippen MR) is 92.0 cm³/mol. The number of carboxylic acid groups (broad SMARTS) is 1. The highest BCUT2D eigenvalue weighted by Gasteiger charge is 2.37. The third-order valence-corrected chi connectivity index (χ3v) is 4.72. The van der Waals surface area contributed by atoms with Crippen molar-refractivity contribution in [2.45, 2.75) is 38.2 Å². The lowest BCUT2D eigenvalue weighted by atomic mass is 9.70. The minimum Gasteiger partial charge on any atom is -0.669 e. The topological polar surface area (TPSA) is 143 Å². The van der Waals surface area contributed by atoms with Gasteiger partial charge in [-0.1, -0.05) is 19.3 Å². The summed E-state index contributed by atoms with van der Waals surface area (Å²) in [6, 6.07) is 2.63. The van der Waals surface area contributed by atoms with E-state index in [9.17, 15) is 24.7 Å². The Morgan fingerprint density at radius 2 is 2.12 bits per heavy atom. The van der Waals surface area contributed by atoms with Gasteiger partial charge in [0.2, 0.25) is 5.91 Å². The van der Waals surface area contributed by atoms with Gasteiger partial charge in [0.1, 0.15) is 17.4 Å². The van der Waals surface area contributed by atoms with E-state index in [-0.39, 0.29) is 35.4 Å². The number of aryl methyl sites for hydroxylation is 1. The molecule has 9 nitrogen and oxygen atoms in total. The van der Waals surface area contributed by atoms with Crippen LogP contribution in [0.5, 0.6) is 11.5 Å². The molecule has 0 spiro atoms. The number of amides is 1. The van der Waals surface area contributed by atoms with E-state index in [0.717, 1.165) is 0 Å². The summed E-state index contributed by atoms with van der Waals surface area (Å²) in [4.78, 5) is 25.2. The van der Waals surface area contributed by atoms with Gasteiger partial charge in [-0.2, -0.15) is 0 Å². The molecule has 1 aromatic carbocycles. The third-order valence-electron chi connectivity index (χ3n) is 4.72. The maximum absolute atomic E-state index is 12.0. The zero-order valence-electron chi connectivity index (χ0n) is 14.4. The van der Waals surface area contributed by atoms with Crippen molar-refractivity contribution in [3.8, 4) is 11.5 Å². The number of fused-ring (bicyclic) bond motifs is 1. The molecule has 0 saturated carbocycles. The molecule has 5 N–H and O–H groups in total. The van der Waals surface area contributed by atoms with Crippen LogP contribution in [-0.2, 0) is 11.2 Å². The highest BCUT2D eigenvalue weighted by atomic mass is 16.6. The molecule has 0 aliphatic carbocycles. The number of aromatic carboxylic acids is 1. The normalized spacial score (nSPS) is 19.8. The Kier molecular flexibility index (Phi) is 4.83. The molecule has 1 aromatic rings. The second kappa shape index (κ2) is 6.78. The molecule has 1 atom stereocenters.